The quantitative estimate of drug-likeness (QED) is 0.778. The van der Waals surface area contributed by atoms with Crippen LogP contribution in [0.2, 0.25) is 0 Å². The first-order chi connectivity index (χ1) is 9.00. The van der Waals surface area contributed by atoms with Crippen molar-refractivity contribution in [2.45, 2.75) is 25.1 Å². The van der Waals surface area contributed by atoms with Crippen molar-refractivity contribution in [3.8, 4) is 11.5 Å². The Hall–Kier alpha value is -1.74. The standard InChI is InChI=1S/C10H6F8O2/c11-7(9(13,14)15)19-5-2-1-3-6(4-5)20-8(12)10(16,17)18/h1-4,7-8H. The van der Waals surface area contributed by atoms with Crippen molar-refractivity contribution in [3.05, 3.63) is 24.3 Å². The fourth-order valence-electron chi connectivity index (χ4n) is 0.993. The summed E-state index contributed by atoms with van der Waals surface area (Å²) in [4.78, 5) is 0. The lowest BCUT2D eigenvalue weighted by Gasteiger charge is -2.16. The molecule has 2 unspecified atom stereocenters. The monoisotopic (exact) mass is 310 g/mol. The molecule has 0 aromatic heterocycles. The zero-order valence-electron chi connectivity index (χ0n) is 9.30. The number of hydrogen-bond acceptors (Lipinski definition) is 2. The van der Waals surface area contributed by atoms with E-state index in [4.69, 9.17) is 0 Å². The van der Waals surface area contributed by atoms with Gasteiger partial charge in [-0.25, -0.2) is 0 Å². The highest BCUT2D eigenvalue weighted by molar-refractivity contribution is 5.33. The van der Waals surface area contributed by atoms with Crippen molar-refractivity contribution >= 4 is 0 Å². The van der Waals surface area contributed by atoms with E-state index in [0.29, 0.717) is 6.07 Å². The first-order valence-electron chi connectivity index (χ1n) is 4.85. The van der Waals surface area contributed by atoms with Crippen molar-refractivity contribution in [1.82, 2.24) is 0 Å². The summed E-state index contributed by atoms with van der Waals surface area (Å²) in [7, 11) is 0. The maximum Gasteiger partial charge on any atom is 0.457 e. The van der Waals surface area contributed by atoms with Crippen molar-refractivity contribution < 1.29 is 44.6 Å². The van der Waals surface area contributed by atoms with Gasteiger partial charge in [0.05, 0.1) is 0 Å². The summed E-state index contributed by atoms with van der Waals surface area (Å²) in [5.74, 6) is -1.52. The Balaban J connectivity index is 2.76. The van der Waals surface area contributed by atoms with Crippen LogP contribution in [0.5, 0.6) is 11.5 Å². The molecule has 114 valence electrons. The number of benzene rings is 1. The SMILES string of the molecule is FC(Oc1cccc(OC(F)C(F)(F)F)c1)C(F)(F)F. The molecule has 0 saturated carbocycles. The molecule has 0 radical (unpaired) electrons. The number of alkyl halides is 8. The largest absolute Gasteiger partial charge is 0.457 e. The topological polar surface area (TPSA) is 18.5 Å². The third-order valence-electron chi connectivity index (χ3n) is 1.80. The molecule has 0 spiro atoms. The van der Waals surface area contributed by atoms with Crippen LogP contribution in [0, 0.1) is 0 Å². The highest BCUT2D eigenvalue weighted by atomic mass is 19.4. The predicted molar refractivity (Wildman–Crippen MR) is 49.6 cm³/mol. The first kappa shape index (κ1) is 16.3. The highest BCUT2D eigenvalue weighted by Crippen LogP contribution is 2.30. The van der Waals surface area contributed by atoms with Crippen LogP contribution in [0.4, 0.5) is 35.1 Å². The van der Waals surface area contributed by atoms with Crippen LogP contribution in [0.15, 0.2) is 24.3 Å². The second-order valence-corrected chi connectivity index (χ2v) is 3.43. The Morgan fingerprint density at radius 2 is 1.10 bits per heavy atom. The molecule has 0 amide bonds. The molecule has 1 rings (SSSR count). The molecular weight excluding hydrogens is 304 g/mol. The highest BCUT2D eigenvalue weighted by Gasteiger charge is 2.43. The van der Waals surface area contributed by atoms with Crippen molar-refractivity contribution in [2.24, 2.45) is 0 Å². The fraction of sp³-hybridized carbons (Fsp3) is 0.400. The summed E-state index contributed by atoms with van der Waals surface area (Å²) in [5.41, 5.74) is 0. The van der Waals surface area contributed by atoms with Crippen LogP contribution in [-0.4, -0.2) is 25.1 Å². The molecule has 0 fully saturated rings. The second-order valence-electron chi connectivity index (χ2n) is 3.43. The summed E-state index contributed by atoms with van der Waals surface area (Å²) in [5, 5.41) is 0. The van der Waals surface area contributed by atoms with Gasteiger partial charge in [0.2, 0.25) is 0 Å². The molecule has 0 aliphatic heterocycles. The molecule has 20 heavy (non-hydrogen) atoms. The van der Waals surface area contributed by atoms with Crippen molar-refractivity contribution in [2.75, 3.05) is 0 Å². The number of hydrogen-bond donors (Lipinski definition) is 0. The van der Waals surface area contributed by atoms with E-state index < -0.39 is 36.6 Å². The maximum absolute atomic E-state index is 12.5. The zero-order valence-corrected chi connectivity index (χ0v) is 9.30. The van der Waals surface area contributed by atoms with Gasteiger partial charge < -0.3 is 9.47 Å². The summed E-state index contributed by atoms with van der Waals surface area (Å²) in [6.07, 6.45) is -17.9. The fourth-order valence-corrected chi connectivity index (χ4v) is 0.993. The van der Waals surface area contributed by atoms with E-state index in [1.807, 2.05) is 0 Å². The summed E-state index contributed by atoms with van der Waals surface area (Å²) in [6.45, 7) is 0. The molecule has 10 heteroatoms. The average molecular weight is 310 g/mol. The van der Waals surface area contributed by atoms with E-state index in [-0.39, 0.29) is 0 Å². The van der Waals surface area contributed by atoms with Gasteiger partial charge in [-0.15, -0.1) is 0 Å². The van der Waals surface area contributed by atoms with E-state index in [1.165, 1.54) is 0 Å². The zero-order chi connectivity index (χ0) is 15.6. The molecule has 2 atom stereocenters. The molecule has 0 bridgehead atoms. The first-order valence-corrected chi connectivity index (χ1v) is 4.85. The van der Waals surface area contributed by atoms with Crippen molar-refractivity contribution in [3.63, 3.8) is 0 Å². The Morgan fingerprint density at radius 3 is 1.40 bits per heavy atom. The number of rotatable bonds is 4. The Morgan fingerprint density at radius 1 is 0.750 bits per heavy atom. The van der Waals surface area contributed by atoms with Crippen LogP contribution in [-0.2, 0) is 0 Å². The minimum Gasteiger partial charge on any atom is -0.452 e. The van der Waals surface area contributed by atoms with Crippen LogP contribution in [0.25, 0.3) is 0 Å². The summed E-state index contributed by atoms with van der Waals surface area (Å²) in [6, 6.07) is 3.09. The predicted octanol–water partition coefficient (Wildman–Crippen LogP) is 4.16. The van der Waals surface area contributed by atoms with Gasteiger partial charge in [0, 0.05) is 6.07 Å². The van der Waals surface area contributed by atoms with Crippen molar-refractivity contribution in [1.29, 1.82) is 0 Å². The molecule has 2 nitrogen and oxygen atoms in total. The van der Waals surface area contributed by atoms with E-state index in [0.717, 1.165) is 18.2 Å². The second kappa shape index (κ2) is 5.71. The molecule has 0 saturated heterocycles. The summed E-state index contributed by atoms with van der Waals surface area (Å²) >= 11 is 0. The molecule has 0 aliphatic rings. The normalized spacial score (nSPS) is 15.6. The minimum absolute atomic E-state index is 0.497. The van der Waals surface area contributed by atoms with Gasteiger partial charge in [0.1, 0.15) is 11.5 Å². The smallest absolute Gasteiger partial charge is 0.452 e. The molecule has 0 N–H and O–H groups in total. The third kappa shape index (κ3) is 4.74. The van der Waals surface area contributed by atoms with Gasteiger partial charge in [-0.3, -0.25) is 0 Å². The Labute approximate surface area is 106 Å². The molecule has 1 aromatic rings. The van der Waals surface area contributed by atoms with E-state index >= 15 is 0 Å². The Bertz CT molecular complexity index is 404. The molecule has 1 aromatic carbocycles. The van der Waals surface area contributed by atoms with Crippen LogP contribution in [0.1, 0.15) is 0 Å². The van der Waals surface area contributed by atoms with Crippen LogP contribution >= 0.6 is 0 Å². The van der Waals surface area contributed by atoms with Gasteiger partial charge >= 0.3 is 25.1 Å². The Kier molecular flexibility index (Phi) is 4.66. The van der Waals surface area contributed by atoms with E-state index in [1.54, 1.807) is 0 Å². The molecule has 0 heterocycles. The lowest BCUT2D eigenvalue weighted by Crippen LogP contribution is -2.30. The lowest BCUT2D eigenvalue weighted by molar-refractivity contribution is -0.237. The number of halogens is 8. The van der Waals surface area contributed by atoms with Gasteiger partial charge in [-0.1, -0.05) is 6.07 Å². The van der Waals surface area contributed by atoms with E-state index in [2.05, 4.69) is 9.47 Å². The van der Waals surface area contributed by atoms with Crippen LogP contribution in [0.3, 0.4) is 0 Å². The van der Waals surface area contributed by atoms with Gasteiger partial charge in [-0.2, -0.15) is 35.1 Å². The van der Waals surface area contributed by atoms with Crippen LogP contribution < -0.4 is 9.47 Å². The van der Waals surface area contributed by atoms with Gasteiger partial charge in [-0.05, 0) is 12.1 Å². The molecule has 0 aliphatic carbocycles. The lowest BCUT2D eigenvalue weighted by atomic mass is 10.3. The maximum atomic E-state index is 12.5. The molecular formula is C10H6F8O2. The van der Waals surface area contributed by atoms with Gasteiger partial charge in [0.25, 0.3) is 0 Å². The average Bonchev–Trinajstić information content (AvgIpc) is 2.26. The summed E-state index contributed by atoms with van der Waals surface area (Å²) < 4.78 is 104. The van der Waals surface area contributed by atoms with Gasteiger partial charge in [0.15, 0.2) is 0 Å². The van der Waals surface area contributed by atoms with E-state index in [9.17, 15) is 35.1 Å². The number of ether oxygens (including phenoxy) is 2. The third-order valence-corrected chi connectivity index (χ3v) is 1.80. The minimum atomic E-state index is -5.30.